The molecule has 0 radical (unpaired) electrons. The molecule has 0 aliphatic heterocycles. The van der Waals surface area contributed by atoms with Crippen molar-refractivity contribution in [1.82, 2.24) is 0 Å². The van der Waals surface area contributed by atoms with Gasteiger partial charge in [-0.25, -0.2) is 17.6 Å². The average Bonchev–Trinajstić information content (AvgIpc) is 2.20. The summed E-state index contributed by atoms with van der Waals surface area (Å²) in [5, 5.41) is 8.61. The van der Waals surface area contributed by atoms with E-state index in [2.05, 4.69) is 4.72 Å². The number of nitrogens with one attached hydrogen (secondary N) is 1. The molecule has 0 spiro atoms. The Hall–Kier alpha value is -1.63. The number of benzene rings is 1. The van der Waals surface area contributed by atoms with Crippen LogP contribution in [0.1, 0.15) is 23.7 Å². The van der Waals surface area contributed by atoms with Crippen LogP contribution >= 0.6 is 0 Å². The summed E-state index contributed by atoms with van der Waals surface area (Å²) in [6.07, 6.45) is 0.407. The third-order valence-corrected chi connectivity index (χ3v) is 3.43. The van der Waals surface area contributed by atoms with Crippen LogP contribution < -0.4 is 4.72 Å². The van der Waals surface area contributed by atoms with E-state index in [4.69, 9.17) is 5.11 Å². The van der Waals surface area contributed by atoms with Crippen molar-refractivity contribution in [3.8, 4) is 0 Å². The van der Waals surface area contributed by atoms with Crippen LogP contribution in [0.25, 0.3) is 0 Å². The molecular weight excluding hydrogens is 249 g/mol. The number of carbonyl (C=O) groups is 1. The van der Waals surface area contributed by atoms with Crippen molar-refractivity contribution < 1.29 is 22.7 Å². The SMILES string of the molecule is CCCS(=O)(=O)Nc1ccc(C(=O)O)cc1F. The third-order valence-electron chi connectivity index (χ3n) is 1.95. The van der Waals surface area contributed by atoms with Gasteiger partial charge < -0.3 is 5.11 Å². The van der Waals surface area contributed by atoms with Crippen molar-refractivity contribution in [3.05, 3.63) is 29.6 Å². The fraction of sp³-hybridized carbons (Fsp3) is 0.300. The highest BCUT2D eigenvalue weighted by Gasteiger charge is 2.13. The van der Waals surface area contributed by atoms with Crippen LogP contribution in [0.3, 0.4) is 0 Å². The number of carboxylic acid groups (broad SMARTS) is 1. The minimum Gasteiger partial charge on any atom is -0.478 e. The van der Waals surface area contributed by atoms with E-state index < -0.39 is 21.8 Å². The van der Waals surface area contributed by atoms with E-state index >= 15 is 0 Å². The van der Waals surface area contributed by atoms with Crippen molar-refractivity contribution in [2.24, 2.45) is 0 Å². The summed E-state index contributed by atoms with van der Waals surface area (Å²) < 4.78 is 38.2. The number of anilines is 1. The van der Waals surface area contributed by atoms with Gasteiger partial charge in [-0.2, -0.15) is 0 Å². The van der Waals surface area contributed by atoms with Crippen LogP contribution in [-0.4, -0.2) is 25.2 Å². The number of rotatable bonds is 5. The van der Waals surface area contributed by atoms with Crippen molar-refractivity contribution in [2.45, 2.75) is 13.3 Å². The summed E-state index contributed by atoms with van der Waals surface area (Å²) in [6.45, 7) is 1.68. The molecule has 0 heterocycles. The second-order valence-corrected chi connectivity index (χ2v) is 5.26. The highest BCUT2D eigenvalue weighted by molar-refractivity contribution is 7.92. The summed E-state index contributed by atoms with van der Waals surface area (Å²) in [5.41, 5.74) is -0.482. The quantitative estimate of drug-likeness (QED) is 0.844. The molecule has 5 nitrogen and oxygen atoms in total. The Morgan fingerprint density at radius 1 is 1.47 bits per heavy atom. The average molecular weight is 261 g/mol. The second kappa shape index (κ2) is 5.13. The lowest BCUT2D eigenvalue weighted by Crippen LogP contribution is -2.17. The van der Waals surface area contributed by atoms with Crippen LogP contribution in [0.2, 0.25) is 0 Å². The van der Waals surface area contributed by atoms with Gasteiger partial charge in [0.05, 0.1) is 17.0 Å². The molecular formula is C10H12FNO4S. The van der Waals surface area contributed by atoms with E-state index in [-0.39, 0.29) is 17.0 Å². The van der Waals surface area contributed by atoms with Gasteiger partial charge in [-0.1, -0.05) is 6.92 Å². The van der Waals surface area contributed by atoms with Crippen molar-refractivity contribution in [2.75, 3.05) is 10.5 Å². The number of carboxylic acids is 1. The van der Waals surface area contributed by atoms with Crippen LogP contribution in [0, 0.1) is 5.82 Å². The number of hydrogen-bond donors (Lipinski definition) is 2. The largest absolute Gasteiger partial charge is 0.478 e. The Morgan fingerprint density at radius 3 is 2.59 bits per heavy atom. The molecule has 0 amide bonds. The molecule has 0 fully saturated rings. The first kappa shape index (κ1) is 13.4. The lowest BCUT2D eigenvalue weighted by atomic mass is 10.2. The first-order valence-corrected chi connectivity index (χ1v) is 6.54. The molecule has 2 N–H and O–H groups in total. The molecule has 0 saturated carbocycles. The predicted molar refractivity (Wildman–Crippen MR) is 61.1 cm³/mol. The van der Waals surface area contributed by atoms with E-state index in [1.54, 1.807) is 6.92 Å². The monoisotopic (exact) mass is 261 g/mol. The minimum atomic E-state index is -3.58. The number of hydrogen-bond acceptors (Lipinski definition) is 3. The lowest BCUT2D eigenvalue weighted by molar-refractivity contribution is 0.0696. The third kappa shape index (κ3) is 3.70. The fourth-order valence-electron chi connectivity index (χ4n) is 1.22. The molecule has 1 aromatic rings. The van der Waals surface area contributed by atoms with Gasteiger partial charge in [0.2, 0.25) is 10.0 Å². The molecule has 0 aliphatic rings. The maximum absolute atomic E-state index is 13.4. The lowest BCUT2D eigenvalue weighted by Gasteiger charge is -2.08. The fourth-order valence-corrected chi connectivity index (χ4v) is 2.36. The van der Waals surface area contributed by atoms with Crippen LogP contribution in [-0.2, 0) is 10.0 Å². The second-order valence-electron chi connectivity index (χ2n) is 3.42. The van der Waals surface area contributed by atoms with Crippen molar-refractivity contribution in [3.63, 3.8) is 0 Å². The Kier molecular flexibility index (Phi) is 4.06. The van der Waals surface area contributed by atoms with E-state index in [1.165, 1.54) is 0 Å². The van der Waals surface area contributed by atoms with Crippen LogP contribution in [0.5, 0.6) is 0 Å². The molecule has 94 valence electrons. The zero-order chi connectivity index (χ0) is 13.1. The van der Waals surface area contributed by atoms with E-state index in [1.807, 2.05) is 0 Å². The summed E-state index contributed by atoms with van der Waals surface area (Å²) in [6, 6.07) is 2.99. The topological polar surface area (TPSA) is 83.5 Å². The predicted octanol–water partition coefficient (Wildman–Crippen LogP) is 1.68. The van der Waals surface area contributed by atoms with E-state index in [0.717, 1.165) is 18.2 Å². The van der Waals surface area contributed by atoms with Gasteiger partial charge in [-0.05, 0) is 24.6 Å². The van der Waals surface area contributed by atoms with E-state index in [0.29, 0.717) is 6.42 Å². The molecule has 1 rings (SSSR count). The standard InChI is InChI=1S/C10H12FNO4S/c1-2-5-17(15,16)12-9-4-3-7(10(13)14)6-8(9)11/h3-4,6,12H,2,5H2,1H3,(H,13,14). The molecule has 7 heteroatoms. The summed E-state index contributed by atoms with van der Waals surface area (Å²) in [5.74, 6) is -2.30. The van der Waals surface area contributed by atoms with Gasteiger partial charge >= 0.3 is 5.97 Å². The molecule has 0 unspecified atom stereocenters. The molecule has 17 heavy (non-hydrogen) atoms. The maximum Gasteiger partial charge on any atom is 0.335 e. The highest BCUT2D eigenvalue weighted by atomic mass is 32.2. The van der Waals surface area contributed by atoms with E-state index in [9.17, 15) is 17.6 Å². The molecule has 1 aromatic carbocycles. The molecule has 0 atom stereocenters. The van der Waals surface area contributed by atoms with Gasteiger partial charge in [0.1, 0.15) is 5.82 Å². The Balaban J connectivity index is 2.98. The number of aromatic carboxylic acids is 1. The smallest absolute Gasteiger partial charge is 0.335 e. The summed E-state index contributed by atoms with van der Waals surface area (Å²) >= 11 is 0. The molecule has 0 bridgehead atoms. The number of sulfonamides is 1. The minimum absolute atomic E-state index is 0.118. The molecule has 0 aliphatic carbocycles. The van der Waals surface area contributed by atoms with Gasteiger partial charge in [0, 0.05) is 0 Å². The first-order chi connectivity index (χ1) is 7.85. The molecule has 0 saturated heterocycles. The van der Waals surface area contributed by atoms with Crippen molar-refractivity contribution in [1.29, 1.82) is 0 Å². The highest BCUT2D eigenvalue weighted by Crippen LogP contribution is 2.17. The molecule has 0 aromatic heterocycles. The first-order valence-electron chi connectivity index (χ1n) is 4.89. The maximum atomic E-state index is 13.4. The zero-order valence-electron chi connectivity index (χ0n) is 9.10. The Labute approximate surface area is 98.3 Å². The van der Waals surface area contributed by atoms with Crippen molar-refractivity contribution >= 4 is 21.7 Å². The summed E-state index contributed by atoms with van der Waals surface area (Å²) in [7, 11) is -3.58. The Bertz CT molecular complexity index is 527. The van der Waals surface area contributed by atoms with Crippen LogP contribution in [0.15, 0.2) is 18.2 Å². The van der Waals surface area contributed by atoms with Crippen LogP contribution in [0.4, 0.5) is 10.1 Å². The number of halogens is 1. The normalized spacial score (nSPS) is 11.2. The van der Waals surface area contributed by atoms with Gasteiger partial charge in [0.15, 0.2) is 0 Å². The van der Waals surface area contributed by atoms with Gasteiger partial charge in [0.25, 0.3) is 0 Å². The Morgan fingerprint density at radius 2 is 2.12 bits per heavy atom. The van der Waals surface area contributed by atoms with Gasteiger partial charge in [-0.3, -0.25) is 4.72 Å². The van der Waals surface area contributed by atoms with Gasteiger partial charge in [-0.15, -0.1) is 0 Å². The zero-order valence-corrected chi connectivity index (χ0v) is 9.92. The summed E-state index contributed by atoms with van der Waals surface area (Å²) in [4.78, 5) is 10.5.